The molecule has 1 heterocycles. The molecule has 0 aromatic heterocycles. The zero-order valence-corrected chi connectivity index (χ0v) is 9.90. The van der Waals surface area contributed by atoms with Gasteiger partial charge >= 0.3 is 0 Å². The molecule has 88 valence electrons. The zero-order chi connectivity index (χ0) is 11.4. The normalized spacial score (nSPS) is 24.1. The molecule has 0 radical (unpaired) electrons. The molecular formula is C13H19NO2. The summed E-state index contributed by atoms with van der Waals surface area (Å²) in [7, 11) is 0. The number of fused-ring (bicyclic) bond motifs is 1. The monoisotopic (exact) mass is 221 g/mol. The van der Waals surface area contributed by atoms with Crippen LogP contribution < -0.4 is 5.32 Å². The molecule has 3 heteroatoms. The average molecular weight is 221 g/mol. The molecule has 0 saturated carbocycles. The molecule has 1 aromatic carbocycles. The van der Waals surface area contributed by atoms with E-state index in [1.807, 2.05) is 19.9 Å². The number of rotatable bonds is 4. The van der Waals surface area contributed by atoms with Gasteiger partial charge in [0.2, 0.25) is 0 Å². The van der Waals surface area contributed by atoms with Gasteiger partial charge in [-0.2, -0.15) is 0 Å². The van der Waals surface area contributed by atoms with Gasteiger partial charge in [0.25, 0.3) is 0 Å². The predicted octanol–water partition coefficient (Wildman–Crippen LogP) is 2.23. The topological polar surface area (TPSA) is 30.5 Å². The largest absolute Gasteiger partial charge is 0.363 e. The summed E-state index contributed by atoms with van der Waals surface area (Å²) in [6.07, 6.45) is 0.941. The lowest BCUT2D eigenvalue weighted by atomic mass is 9.98. The van der Waals surface area contributed by atoms with Gasteiger partial charge in [0.05, 0.1) is 0 Å². The fraction of sp³-hybridized carbons (Fsp3) is 0.538. The van der Waals surface area contributed by atoms with Crippen molar-refractivity contribution in [3.63, 3.8) is 0 Å². The first-order valence-corrected chi connectivity index (χ1v) is 5.92. The first-order chi connectivity index (χ1) is 7.85. The summed E-state index contributed by atoms with van der Waals surface area (Å²) in [4.78, 5) is 0. The number of nitrogens with one attached hydrogen (secondary N) is 1. The van der Waals surface area contributed by atoms with Gasteiger partial charge in [0, 0.05) is 19.6 Å². The Balaban J connectivity index is 2.19. The lowest BCUT2D eigenvalue weighted by Gasteiger charge is -2.32. The Kier molecular flexibility index (Phi) is 3.93. The van der Waals surface area contributed by atoms with Gasteiger partial charge in [0.1, 0.15) is 12.5 Å². The fourth-order valence-electron chi connectivity index (χ4n) is 2.11. The average Bonchev–Trinajstić information content (AvgIpc) is 2.30. The number of hydrogen-bond acceptors (Lipinski definition) is 3. The van der Waals surface area contributed by atoms with E-state index in [9.17, 15) is 0 Å². The second-order valence-corrected chi connectivity index (χ2v) is 3.85. The van der Waals surface area contributed by atoms with Gasteiger partial charge in [-0.25, -0.2) is 0 Å². The van der Waals surface area contributed by atoms with Crippen LogP contribution in [0.3, 0.4) is 0 Å². The molecule has 2 rings (SSSR count). The Morgan fingerprint density at radius 1 is 1.19 bits per heavy atom. The van der Waals surface area contributed by atoms with Crippen molar-refractivity contribution in [2.24, 2.45) is 0 Å². The highest BCUT2D eigenvalue weighted by Crippen LogP contribution is 2.26. The first-order valence-electron chi connectivity index (χ1n) is 5.92. The van der Waals surface area contributed by atoms with Crippen molar-refractivity contribution >= 4 is 0 Å². The Bertz CT molecular complexity index is 340. The third-order valence-corrected chi connectivity index (χ3v) is 2.78. The number of ether oxygens (including phenoxy) is 2. The van der Waals surface area contributed by atoms with E-state index in [2.05, 4.69) is 23.5 Å². The van der Waals surface area contributed by atoms with Crippen molar-refractivity contribution in [2.75, 3.05) is 13.2 Å². The van der Waals surface area contributed by atoms with Crippen molar-refractivity contribution in [1.82, 2.24) is 5.32 Å². The third-order valence-electron chi connectivity index (χ3n) is 2.78. The van der Waals surface area contributed by atoms with E-state index < -0.39 is 0 Å². The summed E-state index contributed by atoms with van der Waals surface area (Å²) in [5.41, 5.74) is 2.55. The molecule has 0 saturated heterocycles. The highest BCUT2D eigenvalue weighted by atomic mass is 16.5. The van der Waals surface area contributed by atoms with Crippen LogP contribution in [0, 0.1) is 0 Å². The van der Waals surface area contributed by atoms with Crippen LogP contribution in [0.15, 0.2) is 24.3 Å². The predicted molar refractivity (Wildman–Crippen MR) is 63.1 cm³/mol. The molecule has 0 aliphatic carbocycles. The summed E-state index contributed by atoms with van der Waals surface area (Å²) in [5.74, 6) is 0. The standard InChI is InChI=1S/C13H19NO2/c1-3-15-12-9-10-7-5-6-8-11(10)13(14-12)16-4-2/h5-8,12-14H,3-4,9H2,1-2H3. The van der Waals surface area contributed by atoms with Gasteiger partial charge < -0.3 is 9.47 Å². The molecule has 1 N–H and O–H groups in total. The van der Waals surface area contributed by atoms with E-state index in [0.29, 0.717) is 6.61 Å². The maximum absolute atomic E-state index is 5.69. The quantitative estimate of drug-likeness (QED) is 0.845. The van der Waals surface area contributed by atoms with Crippen LogP contribution in [-0.2, 0) is 15.9 Å². The molecule has 0 fully saturated rings. The van der Waals surface area contributed by atoms with Crippen LogP contribution in [0.25, 0.3) is 0 Å². The van der Waals surface area contributed by atoms with E-state index in [1.54, 1.807) is 0 Å². The first kappa shape index (κ1) is 11.6. The van der Waals surface area contributed by atoms with E-state index in [4.69, 9.17) is 9.47 Å². The van der Waals surface area contributed by atoms with E-state index >= 15 is 0 Å². The summed E-state index contributed by atoms with van der Waals surface area (Å²) in [5, 5.41) is 3.37. The van der Waals surface area contributed by atoms with Crippen LogP contribution >= 0.6 is 0 Å². The van der Waals surface area contributed by atoms with Crippen molar-refractivity contribution in [2.45, 2.75) is 32.7 Å². The minimum Gasteiger partial charge on any atom is -0.363 e. The highest BCUT2D eigenvalue weighted by molar-refractivity contribution is 5.31. The Morgan fingerprint density at radius 2 is 1.94 bits per heavy atom. The van der Waals surface area contributed by atoms with Crippen LogP contribution in [0.1, 0.15) is 31.2 Å². The molecular weight excluding hydrogens is 202 g/mol. The molecule has 0 amide bonds. The van der Waals surface area contributed by atoms with Gasteiger partial charge in [-0.15, -0.1) is 0 Å². The third kappa shape index (κ3) is 2.43. The minimum atomic E-state index is -0.0356. The van der Waals surface area contributed by atoms with Crippen LogP contribution in [0.5, 0.6) is 0 Å². The zero-order valence-electron chi connectivity index (χ0n) is 9.90. The Hall–Kier alpha value is -0.900. The van der Waals surface area contributed by atoms with Crippen LogP contribution in [-0.4, -0.2) is 19.4 Å². The smallest absolute Gasteiger partial charge is 0.136 e. The second kappa shape index (κ2) is 5.43. The number of hydrogen-bond donors (Lipinski definition) is 1. The van der Waals surface area contributed by atoms with Crippen LogP contribution in [0.2, 0.25) is 0 Å². The minimum absolute atomic E-state index is 0.0356. The number of benzene rings is 1. The molecule has 0 bridgehead atoms. The Labute approximate surface area is 96.8 Å². The van der Waals surface area contributed by atoms with E-state index in [1.165, 1.54) is 11.1 Å². The maximum atomic E-state index is 5.69. The van der Waals surface area contributed by atoms with Crippen molar-refractivity contribution in [3.8, 4) is 0 Å². The van der Waals surface area contributed by atoms with E-state index in [-0.39, 0.29) is 12.5 Å². The second-order valence-electron chi connectivity index (χ2n) is 3.85. The fourth-order valence-corrected chi connectivity index (χ4v) is 2.11. The summed E-state index contributed by atoms with van der Waals surface area (Å²) >= 11 is 0. The SMILES string of the molecule is CCOC1Cc2ccccc2C(OCC)N1. The Morgan fingerprint density at radius 3 is 2.69 bits per heavy atom. The van der Waals surface area contributed by atoms with Crippen molar-refractivity contribution in [3.05, 3.63) is 35.4 Å². The summed E-state index contributed by atoms with van der Waals surface area (Å²) in [6, 6.07) is 8.38. The van der Waals surface area contributed by atoms with Gasteiger partial charge in [-0.3, -0.25) is 5.32 Å². The lowest BCUT2D eigenvalue weighted by molar-refractivity contribution is -0.0493. The van der Waals surface area contributed by atoms with Gasteiger partial charge in [-0.1, -0.05) is 24.3 Å². The summed E-state index contributed by atoms with van der Waals surface area (Å²) < 4.78 is 11.3. The van der Waals surface area contributed by atoms with Crippen molar-refractivity contribution in [1.29, 1.82) is 0 Å². The van der Waals surface area contributed by atoms with E-state index in [0.717, 1.165) is 13.0 Å². The van der Waals surface area contributed by atoms with Crippen molar-refractivity contribution < 1.29 is 9.47 Å². The highest BCUT2D eigenvalue weighted by Gasteiger charge is 2.26. The molecule has 2 atom stereocenters. The van der Waals surface area contributed by atoms with Crippen LogP contribution in [0.4, 0.5) is 0 Å². The molecule has 16 heavy (non-hydrogen) atoms. The molecule has 3 nitrogen and oxygen atoms in total. The molecule has 2 unspecified atom stereocenters. The molecule has 1 aliphatic rings. The van der Waals surface area contributed by atoms with Gasteiger partial charge in [-0.05, 0) is 25.0 Å². The lowest BCUT2D eigenvalue weighted by Crippen LogP contribution is -2.42. The maximum Gasteiger partial charge on any atom is 0.136 e. The molecule has 1 aliphatic heterocycles. The molecule has 0 spiro atoms. The van der Waals surface area contributed by atoms with Gasteiger partial charge in [0.15, 0.2) is 0 Å². The summed E-state index contributed by atoms with van der Waals surface area (Å²) in [6.45, 7) is 5.44. The molecule has 1 aromatic rings.